The van der Waals surface area contributed by atoms with Gasteiger partial charge in [0, 0.05) is 17.8 Å². The van der Waals surface area contributed by atoms with Gasteiger partial charge in [-0.25, -0.2) is 0 Å². The summed E-state index contributed by atoms with van der Waals surface area (Å²) in [6.07, 6.45) is 6.09. The van der Waals surface area contributed by atoms with E-state index in [-0.39, 0.29) is 12.0 Å². The first kappa shape index (κ1) is 9.66. The first-order chi connectivity index (χ1) is 6.77. The van der Waals surface area contributed by atoms with E-state index in [1.54, 1.807) is 0 Å². The van der Waals surface area contributed by atoms with Crippen molar-refractivity contribution in [1.82, 2.24) is 4.98 Å². The van der Waals surface area contributed by atoms with Gasteiger partial charge in [0.25, 0.3) is 0 Å². The molecular weight excluding hydrogens is 174 g/mol. The highest BCUT2D eigenvalue weighted by Gasteiger charge is 2.25. The smallest absolute Gasteiger partial charge is 0.0623 e. The van der Waals surface area contributed by atoms with Crippen LogP contribution in [0.4, 0.5) is 0 Å². The van der Waals surface area contributed by atoms with Gasteiger partial charge in [0.1, 0.15) is 0 Å². The lowest BCUT2D eigenvalue weighted by molar-refractivity contribution is 0.104. The van der Waals surface area contributed by atoms with E-state index in [4.69, 9.17) is 0 Å². The van der Waals surface area contributed by atoms with E-state index in [2.05, 4.69) is 17.1 Å². The van der Waals surface area contributed by atoms with Crippen molar-refractivity contribution in [3.8, 4) is 0 Å². The molecule has 1 fully saturated rings. The molecule has 0 saturated heterocycles. The summed E-state index contributed by atoms with van der Waals surface area (Å²) < 4.78 is 0. The SMILES string of the molecule is Cc1ccc([C@@H]2CCCC[C@@H]2O)nc1. The number of aliphatic hydroxyl groups excluding tert-OH is 1. The maximum Gasteiger partial charge on any atom is 0.0623 e. The number of aryl methyl sites for hydroxylation is 1. The van der Waals surface area contributed by atoms with Gasteiger partial charge in [0.2, 0.25) is 0 Å². The zero-order chi connectivity index (χ0) is 9.97. The average molecular weight is 191 g/mol. The first-order valence-corrected chi connectivity index (χ1v) is 5.38. The Morgan fingerprint density at radius 2 is 2.07 bits per heavy atom. The molecule has 1 aromatic rings. The molecule has 2 heteroatoms. The summed E-state index contributed by atoms with van der Waals surface area (Å²) in [5, 5.41) is 9.85. The Kier molecular flexibility index (Phi) is 2.82. The maximum atomic E-state index is 9.85. The van der Waals surface area contributed by atoms with E-state index in [0.717, 1.165) is 25.0 Å². The second-order valence-electron chi connectivity index (χ2n) is 4.22. The lowest BCUT2D eigenvalue weighted by atomic mass is 9.84. The van der Waals surface area contributed by atoms with Gasteiger partial charge in [-0.2, -0.15) is 0 Å². The third-order valence-electron chi connectivity index (χ3n) is 3.04. The van der Waals surface area contributed by atoms with Crippen molar-refractivity contribution in [3.05, 3.63) is 29.6 Å². The molecule has 1 N–H and O–H groups in total. The molecule has 0 radical (unpaired) electrons. The number of rotatable bonds is 1. The van der Waals surface area contributed by atoms with E-state index in [1.807, 2.05) is 13.1 Å². The van der Waals surface area contributed by atoms with E-state index < -0.39 is 0 Å². The molecule has 14 heavy (non-hydrogen) atoms. The zero-order valence-electron chi connectivity index (χ0n) is 8.61. The minimum absolute atomic E-state index is 0.182. The normalized spacial score (nSPS) is 27.6. The van der Waals surface area contributed by atoms with Crippen molar-refractivity contribution in [2.45, 2.75) is 44.6 Å². The zero-order valence-corrected chi connectivity index (χ0v) is 8.61. The van der Waals surface area contributed by atoms with Crippen LogP contribution in [0.5, 0.6) is 0 Å². The standard InChI is InChI=1S/C12H17NO/c1-9-6-7-11(13-8-9)10-4-2-3-5-12(10)14/h6-8,10,12,14H,2-5H2,1H3/t10-,12-/m0/s1. The predicted molar refractivity (Wildman–Crippen MR) is 56.2 cm³/mol. The second-order valence-corrected chi connectivity index (χ2v) is 4.22. The van der Waals surface area contributed by atoms with E-state index in [9.17, 15) is 5.11 Å². The highest BCUT2D eigenvalue weighted by atomic mass is 16.3. The van der Waals surface area contributed by atoms with Gasteiger partial charge in [-0.3, -0.25) is 4.98 Å². The molecule has 2 nitrogen and oxygen atoms in total. The molecule has 2 atom stereocenters. The Morgan fingerprint density at radius 3 is 2.71 bits per heavy atom. The topological polar surface area (TPSA) is 33.1 Å². The Morgan fingerprint density at radius 1 is 1.29 bits per heavy atom. The van der Waals surface area contributed by atoms with E-state index in [0.29, 0.717) is 0 Å². The third-order valence-corrected chi connectivity index (χ3v) is 3.04. The maximum absolute atomic E-state index is 9.85. The number of aromatic nitrogens is 1. The number of aliphatic hydroxyl groups is 1. The van der Waals surface area contributed by atoms with Crippen LogP contribution in [0, 0.1) is 6.92 Å². The molecule has 0 spiro atoms. The van der Waals surface area contributed by atoms with Crippen LogP contribution in [-0.4, -0.2) is 16.2 Å². The Labute approximate surface area is 85.0 Å². The molecule has 1 aromatic heterocycles. The number of hydrogen-bond donors (Lipinski definition) is 1. The molecule has 1 saturated carbocycles. The highest BCUT2D eigenvalue weighted by molar-refractivity contribution is 5.17. The largest absolute Gasteiger partial charge is 0.392 e. The van der Waals surface area contributed by atoms with Gasteiger partial charge >= 0.3 is 0 Å². The third kappa shape index (κ3) is 1.95. The van der Waals surface area contributed by atoms with Crippen LogP contribution in [0.15, 0.2) is 18.3 Å². The van der Waals surface area contributed by atoms with Crippen molar-refractivity contribution in [3.63, 3.8) is 0 Å². The molecule has 0 aliphatic heterocycles. The number of pyridine rings is 1. The molecule has 1 heterocycles. The van der Waals surface area contributed by atoms with Crippen molar-refractivity contribution in [2.24, 2.45) is 0 Å². The molecular formula is C12H17NO. The van der Waals surface area contributed by atoms with Gasteiger partial charge < -0.3 is 5.11 Å². The molecule has 2 rings (SSSR count). The molecule has 76 valence electrons. The summed E-state index contributed by atoms with van der Waals surface area (Å²) in [4.78, 5) is 4.39. The number of hydrogen-bond acceptors (Lipinski definition) is 2. The summed E-state index contributed by atoms with van der Waals surface area (Å²) in [7, 11) is 0. The minimum atomic E-state index is -0.182. The second kappa shape index (κ2) is 4.09. The Hall–Kier alpha value is -0.890. The summed E-state index contributed by atoms with van der Waals surface area (Å²) >= 11 is 0. The monoisotopic (exact) mass is 191 g/mol. The van der Waals surface area contributed by atoms with Gasteiger partial charge in [-0.05, 0) is 31.4 Å². The molecule has 0 amide bonds. The average Bonchev–Trinajstić information content (AvgIpc) is 2.20. The van der Waals surface area contributed by atoms with Crippen molar-refractivity contribution in [1.29, 1.82) is 0 Å². The van der Waals surface area contributed by atoms with E-state index in [1.165, 1.54) is 12.0 Å². The van der Waals surface area contributed by atoms with Crippen molar-refractivity contribution in [2.75, 3.05) is 0 Å². The Bertz CT molecular complexity index is 294. The van der Waals surface area contributed by atoms with Gasteiger partial charge in [0.05, 0.1) is 6.10 Å². The van der Waals surface area contributed by atoms with Crippen LogP contribution in [0.25, 0.3) is 0 Å². The first-order valence-electron chi connectivity index (χ1n) is 5.38. The molecule has 1 aliphatic carbocycles. The van der Waals surface area contributed by atoms with Crippen LogP contribution in [0.2, 0.25) is 0 Å². The fourth-order valence-corrected chi connectivity index (χ4v) is 2.15. The van der Waals surface area contributed by atoms with Crippen LogP contribution < -0.4 is 0 Å². The van der Waals surface area contributed by atoms with Crippen LogP contribution in [-0.2, 0) is 0 Å². The van der Waals surface area contributed by atoms with E-state index >= 15 is 0 Å². The van der Waals surface area contributed by atoms with Crippen molar-refractivity contribution < 1.29 is 5.11 Å². The molecule has 0 aromatic carbocycles. The molecule has 0 unspecified atom stereocenters. The number of nitrogens with zero attached hydrogens (tertiary/aromatic N) is 1. The van der Waals surface area contributed by atoms with Crippen LogP contribution >= 0.6 is 0 Å². The Balaban J connectivity index is 2.16. The highest BCUT2D eigenvalue weighted by Crippen LogP contribution is 2.31. The van der Waals surface area contributed by atoms with Gasteiger partial charge in [-0.1, -0.05) is 18.9 Å². The van der Waals surface area contributed by atoms with Gasteiger partial charge in [0.15, 0.2) is 0 Å². The van der Waals surface area contributed by atoms with Crippen molar-refractivity contribution >= 4 is 0 Å². The fraction of sp³-hybridized carbons (Fsp3) is 0.583. The summed E-state index contributed by atoms with van der Waals surface area (Å²) in [6, 6.07) is 4.12. The minimum Gasteiger partial charge on any atom is -0.392 e. The lowest BCUT2D eigenvalue weighted by Gasteiger charge is -2.26. The van der Waals surface area contributed by atoms with Crippen LogP contribution in [0.3, 0.4) is 0 Å². The predicted octanol–water partition coefficient (Wildman–Crippen LogP) is 2.41. The summed E-state index contributed by atoms with van der Waals surface area (Å²) in [6.45, 7) is 2.04. The summed E-state index contributed by atoms with van der Waals surface area (Å²) in [5.74, 6) is 0.268. The molecule has 0 bridgehead atoms. The van der Waals surface area contributed by atoms with Gasteiger partial charge in [-0.15, -0.1) is 0 Å². The fourth-order valence-electron chi connectivity index (χ4n) is 2.15. The quantitative estimate of drug-likeness (QED) is 0.739. The molecule has 1 aliphatic rings. The summed E-state index contributed by atoms with van der Waals surface area (Å²) in [5.41, 5.74) is 2.24. The van der Waals surface area contributed by atoms with Crippen LogP contribution in [0.1, 0.15) is 42.9 Å². The lowest BCUT2D eigenvalue weighted by Crippen LogP contribution is -2.23.